The predicted molar refractivity (Wildman–Crippen MR) is 78.2 cm³/mol. The molecular formula is C13H16ClN3OS. The topological polar surface area (TPSA) is 47.8 Å². The van der Waals surface area contributed by atoms with Crippen LogP contribution in [0.2, 0.25) is 5.15 Å². The number of thiazole rings is 1. The lowest BCUT2D eigenvalue weighted by Crippen LogP contribution is -2.26. The zero-order valence-electron chi connectivity index (χ0n) is 11.2. The van der Waals surface area contributed by atoms with E-state index in [1.165, 1.54) is 6.07 Å². The molecule has 2 heterocycles. The first kappa shape index (κ1) is 14.2. The summed E-state index contributed by atoms with van der Waals surface area (Å²) in [7, 11) is 0. The first-order valence-corrected chi connectivity index (χ1v) is 7.47. The second kappa shape index (κ2) is 5.84. The zero-order chi connectivity index (χ0) is 14.0. The molecule has 102 valence electrons. The van der Waals surface area contributed by atoms with Gasteiger partial charge in [-0.1, -0.05) is 32.4 Å². The van der Waals surface area contributed by atoms with Gasteiger partial charge in [-0.25, -0.2) is 9.97 Å². The summed E-state index contributed by atoms with van der Waals surface area (Å²) in [6.07, 6.45) is 0.912. The highest BCUT2D eigenvalue weighted by molar-refractivity contribution is 7.09. The Morgan fingerprint density at radius 3 is 2.74 bits per heavy atom. The van der Waals surface area contributed by atoms with Gasteiger partial charge in [-0.3, -0.25) is 9.36 Å². The monoisotopic (exact) mass is 297 g/mol. The first-order valence-electron chi connectivity index (χ1n) is 6.21. The highest BCUT2D eigenvalue weighted by Crippen LogP contribution is 2.16. The van der Waals surface area contributed by atoms with E-state index in [9.17, 15) is 4.79 Å². The van der Waals surface area contributed by atoms with E-state index in [2.05, 4.69) is 16.9 Å². The van der Waals surface area contributed by atoms with Crippen molar-refractivity contribution in [3.05, 3.63) is 43.5 Å². The number of halogens is 1. The third-order valence-electron chi connectivity index (χ3n) is 2.74. The van der Waals surface area contributed by atoms with Crippen LogP contribution in [-0.4, -0.2) is 14.5 Å². The van der Waals surface area contributed by atoms with E-state index < -0.39 is 0 Å². The molecule has 0 aromatic carbocycles. The van der Waals surface area contributed by atoms with Gasteiger partial charge in [-0.2, -0.15) is 0 Å². The molecule has 0 aliphatic heterocycles. The Bertz CT molecular complexity index is 633. The summed E-state index contributed by atoms with van der Waals surface area (Å²) in [5, 5.41) is 3.32. The van der Waals surface area contributed by atoms with Crippen molar-refractivity contribution in [3.8, 4) is 0 Å². The first-order chi connectivity index (χ1) is 9.01. The Labute approximate surface area is 121 Å². The molecule has 0 bridgehead atoms. The quantitative estimate of drug-likeness (QED) is 0.815. The molecule has 6 heteroatoms. The molecule has 4 nitrogen and oxygen atoms in total. The minimum atomic E-state index is -0.130. The summed E-state index contributed by atoms with van der Waals surface area (Å²) in [5.41, 5.74) is 0.768. The highest BCUT2D eigenvalue weighted by atomic mass is 35.5. The van der Waals surface area contributed by atoms with Crippen molar-refractivity contribution < 1.29 is 0 Å². The Morgan fingerprint density at radius 1 is 1.42 bits per heavy atom. The molecule has 0 unspecified atom stereocenters. The van der Waals surface area contributed by atoms with Crippen LogP contribution in [0.1, 0.15) is 43.2 Å². The van der Waals surface area contributed by atoms with Crippen LogP contribution >= 0.6 is 22.9 Å². The Balaban J connectivity index is 2.41. The van der Waals surface area contributed by atoms with Gasteiger partial charge in [-0.15, -0.1) is 11.3 Å². The average Bonchev–Trinajstić information content (AvgIpc) is 2.79. The smallest absolute Gasteiger partial charge is 0.255 e. The molecule has 0 amide bonds. The van der Waals surface area contributed by atoms with E-state index in [1.807, 2.05) is 19.2 Å². The summed E-state index contributed by atoms with van der Waals surface area (Å²) in [4.78, 5) is 20.8. The van der Waals surface area contributed by atoms with Crippen LogP contribution in [0.25, 0.3) is 0 Å². The van der Waals surface area contributed by atoms with Gasteiger partial charge < -0.3 is 0 Å². The number of aromatic nitrogens is 3. The predicted octanol–water partition coefficient (Wildman–Crippen LogP) is 3.09. The molecule has 2 aromatic rings. The second-order valence-electron chi connectivity index (χ2n) is 4.60. The maximum absolute atomic E-state index is 12.1. The Morgan fingerprint density at radius 2 is 2.16 bits per heavy atom. The fourth-order valence-electron chi connectivity index (χ4n) is 1.84. The zero-order valence-corrected chi connectivity index (χ0v) is 12.8. The van der Waals surface area contributed by atoms with E-state index in [1.54, 1.807) is 15.9 Å². The molecule has 0 radical (unpaired) electrons. The lowest BCUT2D eigenvalue weighted by molar-refractivity contribution is 0.618. The SMILES string of the molecule is CCc1nc(Cn2c(C(C)C)nc(Cl)cc2=O)cs1. The van der Waals surface area contributed by atoms with Crippen molar-refractivity contribution in [2.45, 2.75) is 39.7 Å². The molecule has 2 aromatic heterocycles. The van der Waals surface area contributed by atoms with Crippen molar-refractivity contribution in [3.63, 3.8) is 0 Å². The van der Waals surface area contributed by atoms with Crippen molar-refractivity contribution in [2.75, 3.05) is 0 Å². The van der Waals surface area contributed by atoms with Crippen LogP contribution in [0.3, 0.4) is 0 Å². The molecule has 0 fully saturated rings. The fourth-order valence-corrected chi connectivity index (χ4v) is 2.76. The third-order valence-corrected chi connectivity index (χ3v) is 3.98. The maximum atomic E-state index is 12.1. The van der Waals surface area contributed by atoms with Crippen LogP contribution in [0.4, 0.5) is 0 Å². The van der Waals surface area contributed by atoms with Crippen molar-refractivity contribution in [1.29, 1.82) is 0 Å². The van der Waals surface area contributed by atoms with Gasteiger partial charge in [0.25, 0.3) is 5.56 Å². The van der Waals surface area contributed by atoms with Gasteiger partial charge in [0.1, 0.15) is 11.0 Å². The van der Waals surface area contributed by atoms with Crippen LogP contribution in [0.5, 0.6) is 0 Å². The largest absolute Gasteiger partial charge is 0.290 e. The molecule has 0 N–H and O–H groups in total. The lowest BCUT2D eigenvalue weighted by Gasteiger charge is -2.13. The molecule has 19 heavy (non-hydrogen) atoms. The molecule has 0 atom stereocenters. The normalized spacial score (nSPS) is 11.2. The van der Waals surface area contributed by atoms with Gasteiger partial charge in [0.05, 0.1) is 17.2 Å². The highest BCUT2D eigenvalue weighted by Gasteiger charge is 2.13. The number of rotatable bonds is 4. The molecule has 0 aliphatic carbocycles. The standard InChI is InChI=1S/C13H16ClN3OS/c1-4-11-15-9(7-19-11)6-17-12(18)5-10(14)16-13(17)8(2)3/h5,7-8H,4,6H2,1-3H3. The van der Waals surface area contributed by atoms with Gasteiger partial charge in [0.15, 0.2) is 0 Å². The van der Waals surface area contributed by atoms with Crippen LogP contribution in [-0.2, 0) is 13.0 Å². The van der Waals surface area contributed by atoms with Crippen LogP contribution in [0, 0.1) is 0 Å². The van der Waals surface area contributed by atoms with Crippen LogP contribution < -0.4 is 5.56 Å². The van der Waals surface area contributed by atoms with Gasteiger partial charge in [0.2, 0.25) is 0 Å². The van der Waals surface area contributed by atoms with E-state index in [4.69, 9.17) is 11.6 Å². The average molecular weight is 298 g/mol. The number of hydrogen-bond donors (Lipinski definition) is 0. The third kappa shape index (κ3) is 3.22. The minimum absolute atomic E-state index is 0.130. The Hall–Kier alpha value is -1.20. The molecule has 0 saturated carbocycles. The summed E-state index contributed by atoms with van der Waals surface area (Å²) in [5.74, 6) is 0.833. The second-order valence-corrected chi connectivity index (χ2v) is 5.93. The van der Waals surface area contributed by atoms with Gasteiger partial charge in [-0.05, 0) is 6.42 Å². The number of aryl methyl sites for hydroxylation is 1. The van der Waals surface area contributed by atoms with Crippen molar-refractivity contribution in [1.82, 2.24) is 14.5 Å². The van der Waals surface area contributed by atoms with E-state index in [0.29, 0.717) is 12.4 Å². The fraction of sp³-hybridized carbons (Fsp3) is 0.462. The van der Waals surface area contributed by atoms with E-state index in [0.717, 1.165) is 17.1 Å². The van der Waals surface area contributed by atoms with E-state index in [-0.39, 0.29) is 16.6 Å². The van der Waals surface area contributed by atoms with Crippen LogP contribution in [0.15, 0.2) is 16.2 Å². The Kier molecular flexibility index (Phi) is 4.37. The summed E-state index contributed by atoms with van der Waals surface area (Å²) in [6, 6.07) is 1.35. The maximum Gasteiger partial charge on any atom is 0.255 e. The van der Waals surface area contributed by atoms with Gasteiger partial charge >= 0.3 is 0 Å². The molecular weight excluding hydrogens is 282 g/mol. The molecule has 0 aliphatic rings. The lowest BCUT2D eigenvalue weighted by atomic mass is 10.2. The van der Waals surface area contributed by atoms with Gasteiger partial charge in [0, 0.05) is 17.4 Å². The summed E-state index contributed by atoms with van der Waals surface area (Å²) >= 11 is 7.48. The molecule has 0 spiro atoms. The summed E-state index contributed by atoms with van der Waals surface area (Å²) in [6.45, 7) is 6.51. The number of hydrogen-bond acceptors (Lipinski definition) is 4. The summed E-state index contributed by atoms with van der Waals surface area (Å²) < 4.78 is 1.64. The van der Waals surface area contributed by atoms with E-state index >= 15 is 0 Å². The minimum Gasteiger partial charge on any atom is -0.290 e. The number of nitrogens with zero attached hydrogens (tertiary/aromatic N) is 3. The molecule has 2 rings (SSSR count). The molecule has 0 saturated heterocycles. The van der Waals surface area contributed by atoms with Crippen molar-refractivity contribution >= 4 is 22.9 Å². The van der Waals surface area contributed by atoms with Crippen molar-refractivity contribution in [2.24, 2.45) is 0 Å².